The van der Waals surface area contributed by atoms with Gasteiger partial charge in [-0.2, -0.15) is 0 Å². The molecule has 5 nitrogen and oxygen atoms in total. The molecule has 1 heterocycles. The maximum Gasteiger partial charge on any atom is 0.230 e. The topological polar surface area (TPSA) is 75.4 Å². The number of carbonyl (C=O) groups is 2. The molecule has 3 rings (SSSR count). The molecule has 1 saturated carbocycles. The van der Waals surface area contributed by atoms with Crippen molar-refractivity contribution < 1.29 is 9.59 Å². The summed E-state index contributed by atoms with van der Waals surface area (Å²) >= 11 is 0. The molecule has 2 fully saturated rings. The van der Waals surface area contributed by atoms with E-state index in [9.17, 15) is 9.59 Å². The molecule has 2 amide bonds. The van der Waals surface area contributed by atoms with Gasteiger partial charge in [0.1, 0.15) is 0 Å². The number of rotatable bonds is 6. The average molecular weight is 357 g/mol. The van der Waals surface area contributed by atoms with E-state index in [2.05, 4.69) is 19.2 Å². The van der Waals surface area contributed by atoms with Gasteiger partial charge in [0.15, 0.2) is 0 Å². The van der Waals surface area contributed by atoms with Crippen LogP contribution in [0.1, 0.15) is 51.5 Å². The minimum atomic E-state index is -0.608. The smallest absolute Gasteiger partial charge is 0.230 e. The van der Waals surface area contributed by atoms with Crippen LogP contribution in [-0.4, -0.2) is 36.9 Å². The minimum absolute atomic E-state index is 0.0972. The summed E-state index contributed by atoms with van der Waals surface area (Å²) < 4.78 is 0. The number of anilines is 1. The van der Waals surface area contributed by atoms with E-state index in [1.54, 1.807) is 4.90 Å². The van der Waals surface area contributed by atoms with E-state index >= 15 is 0 Å². The Balaban J connectivity index is 1.81. The van der Waals surface area contributed by atoms with E-state index < -0.39 is 5.41 Å². The van der Waals surface area contributed by atoms with Crippen LogP contribution in [0.2, 0.25) is 0 Å². The van der Waals surface area contributed by atoms with Gasteiger partial charge in [-0.05, 0) is 61.6 Å². The fraction of sp³-hybridized carbons (Fsp3) is 0.619. The van der Waals surface area contributed by atoms with Crippen molar-refractivity contribution >= 4 is 18.0 Å². The fourth-order valence-electron chi connectivity index (χ4n) is 4.40. The lowest BCUT2D eigenvalue weighted by molar-refractivity contribution is -0.130. The molecule has 1 aromatic rings. The first-order chi connectivity index (χ1) is 12.4. The summed E-state index contributed by atoms with van der Waals surface area (Å²) in [6, 6.07) is 7.70. The predicted molar refractivity (Wildman–Crippen MR) is 104 cm³/mol. The van der Waals surface area contributed by atoms with E-state index in [0.717, 1.165) is 31.4 Å². The highest BCUT2D eigenvalue weighted by atomic mass is 16.2. The fourth-order valence-corrected chi connectivity index (χ4v) is 4.40. The first-order valence-electron chi connectivity index (χ1n) is 9.71. The lowest BCUT2D eigenvalue weighted by atomic mass is 9.66. The van der Waals surface area contributed by atoms with Crippen molar-refractivity contribution in [2.24, 2.45) is 11.3 Å². The Labute approximate surface area is 156 Å². The van der Waals surface area contributed by atoms with Crippen molar-refractivity contribution in [2.75, 3.05) is 25.4 Å². The van der Waals surface area contributed by atoms with Crippen molar-refractivity contribution in [3.63, 3.8) is 0 Å². The van der Waals surface area contributed by atoms with Crippen molar-refractivity contribution in [1.82, 2.24) is 10.2 Å². The van der Waals surface area contributed by atoms with E-state index in [4.69, 9.17) is 5.73 Å². The quantitative estimate of drug-likeness (QED) is 0.607. The minimum Gasteiger partial charge on any atom is -0.399 e. The van der Waals surface area contributed by atoms with Gasteiger partial charge in [-0.15, -0.1) is 0 Å². The van der Waals surface area contributed by atoms with Crippen LogP contribution in [0.15, 0.2) is 24.3 Å². The third-order valence-corrected chi connectivity index (χ3v) is 6.71. The molecule has 0 radical (unpaired) electrons. The van der Waals surface area contributed by atoms with Crippen LogP contribution in [0.25, 0.3) is 0 Å². The van der Waals surface area contributed by atoms with Gasteiger partial charge in [0.2, 0.25) is 12.3 Å². The Morgan fingerprint density at radius 2 is 1.92 bits per heavy atom. The Kier molecular flexibility index (Phi) is 5.26. The number of amides is 2. The van der Waals surface area contributed by atoms with Gasteiger partial charge in [0.25, 0.3) is 0 Å². The monoisotopic (exact) mass is 357 g/mol. The van der Waals surface area contributed by atoms with Crippen LogP contribution in [0.3, 0.4) is 0 Å². The summed E-state index contributed by atoms with van der Waals surface area (Å²) in [5.41, 5.74) is 7.21. The summed E-state index contributed by atoms with van der Waals surface area (Å²) in [6.07, 6.45) is 6.21. The summed E-state index contributed by atoms with van der Waals surface area (Å²) in [5.74, 6) is 0.302. The Hall–Kier alpha value is -2.04. The second-order valence-electron chi connectivity index (χ2n) is 8.59. The van der Waals surface area contributed by atoms with Gasteiger partial charge >= 0.3 is 0 Å². The van der Waals surface area contributed by atoms with Gasteiger partial charge in [-0.3, -0.25) is 9.59 Å². The SMILES string of the molecule is CC1(CNC(=O)C(C)(c2ccc(N)cc2)C2CCN(C=O)CC2)CCC1. The standard InChI is InChI=1S/C21H31N3O2/c1-20(10-3-11-20)14-23-19(26)21(2,16-4-6-18(22)7-5-16)17-8-12-24(15-25)13-9-17/h4-7,15,17H,3,8-14,22H2,1-2H3,(H,23,26). The maximum atomic E-state index is 13.4. The number of nitrogens with one attached hydrogen (secondary N) is 1. The molecule has 3 N–H and O–H groups in total. The van der Waals surface area contributed by atoms with Crippen LogP contribution in [0, 0.1) is 11.3 Å². The number of piperidine rings is 1. The molecular weight excluding hydrogens is 326 g/mol. The number of nitrogen functional groups attached to an aromatic ring is 1. The van der Waals surface area contributed by atoms with Crippen molar-refractivity contribution in [3.8, 4) is 0 Å². The highest BCUT2D eigenvalue weighted by Crippen LogP contribution is 2.41. The zero-order chi connectivity index (χ0) is 18.8. The molecular formula is C21H31N3O2. The maximum absolute atomic E-state index is 13.4. The number of benzene rings is 1. The summed E-state index contributed by atoms with van der Waals surface area (Å²) in [7, 11) is 0. The lowest BCUT2D eigenvalue weighted by Gasteiger charge is -2.43. The average Bonchev–Trinajstić information content (AvgIpc) is 2.64. The second kappa shape index (κ2) is 7.29. The van der Waals surface area contributed by atoms with Gasteiger partial charge in [0.05, 0.1) is 5.41 Å². The van der Waals surface area contributed by atoms with Gasteiger partial charge in [-0.1, -0.05) is 25.5 Å². The second-order valence-corrected chi connectivity index (χ2v) is 8.59. The number of nitrogens with zero attached hydrogens (tertiary/aromatic N) is 1. The molecule has 0 bridgehead atoms. The summed E-state index contributed by atoms with van der Waals surface area (Å²) in [4.78, 5) is 26.2. The van der Waals surface area contributed by atoms with Gasteiger partial charge < -0.3 is 16.0 Å². The van der Waals surface area contributed by atoms with Gasteiger partial charge in [-0.25, -0.2) is 0 Å². The van der Waals surface area contributed by atoms with E-state index in [0.29, 0.717) is 18.8 Å². The molecule has 26 heavy (non-hydrogen) atoms. The highest BCUT2D eigenvalue weighted by Gasteiger charge is 2.44. The summed E-state index contributed by atoms with van der Waals surface area (Å²) in [5, 5.41) is 3.25. The molecule has 142 valence electrons. The normalized spacial score (nSPS) is 22.2. The van der Waals surface area contributed by atoms with Crippen molar-refractivity contribution in [3.05, 3.63) is 29.8 Å². The van der Waals surface area contributed by atoms with E-state index in [1.165, 1.54) is 19.3 Å². The van der Waals surface area contributed by atoms with E-state index in [-0.39, 0.29) is 17.2 Å². The summed E-state index contributed by atoms with van der Waals surface area (Å²) in [6.45, 7) is 6.47. The van der Waals surface area contributed by atoms with Gasteiger partial charge in [0, 0.05) is 25.3 Å². The number of nitrogens with two attached hydrogens (primary N) is 1. The van der Waals surface area contributed by atoms with E-state index in [1.807, 2.05) is 24.3 Å². The molecule has 1 saturated heterocycles. The number of hydrogen-bond donors (Lipinski definition) is 2. The molecule has 1 atom stereocenters. The first kappa shape index (κ1) is 18.7. The van der Waals surface area contributed by atoms with Crippen molar-refractivity contribution in [1.29, 1.82) is 0 Å². The largest absolute Gasteiger partial charge is 0.399 e. The van der Waals surface area contributed by atoms with Crippen LogP contribution in [0.5, 0.6) is 0 Å². The molecule has 5 heteroatoms. The molecule has 0 aromatic heterocycles. The third kappa shape index (κ3) is 3.57. The number of carbonyl (C=O) groups excluding carboxylic acids is 2. The van der Waals surface area contributed by atoms with Crippen LogP contribution < -0.4 is 11.1 Å². The van der Waals surface area contributed by atoms with Crippen LogP contribution in [-0.2, 0) is 15.0 Å². The Morgan fingerprint density at radius 1 is 1.31 bits per heavy atom. The van der Waals surface area contributed by atoms with Crippen LogP contribution >= 0.6 is 0 Å². The molecule has 1 aromatic carbocycles. The number of likely N-dealkylation sites (tertiary alicyclic amines) is 1. The predicted octanol–water partition coefficient (Wildman–Crippen LogP) is 2.70. The lowest BCUT2D eigenvalue weighted by Crippen LogP contribution is -2.53. The zero-order valence-corrected chi connectivity index (χ0v) is 16.0. The Morgan fingerprint density at radius 3 is 2.42 bits per heavy atom. The molecule has 1 aliphatic carbocycles. The number of hydrogen-bond acceptors (Lipinski definition) is 3. The zero-order valence-electron chi connectivity index (χ0n) is 16.0. The first-order valence-corrected chi connectivity index (χ1v) is 9.71. The van der Waals surface area contributed by atoms with Crippen molar-refractivity contribution in [2.45, 2.75) is 51.4 Å². The molecule has 2 aliphatic rings. The Bertz CT molecular complexity index is 646. The third-order valence-electron chi connectivity index (χ3n) is 6.71. The molecule has 1 aliphatic heterocycles. The molecule has 0 spiro atoms. The molecule has 1 unspecified atom stereocenters. The van der Waals surface area contributed by atoms with Crippen LogP contribution in [0.4, 0.5) is 5.69 Å². The highest BCUT2D eigenvalue weighted by molar-refractivity contribution is 5.88.